The summed E-state index contributed by atoms with van der Waals surface area (Å²) in [5.74, 6) is 0. The monoisotopic (exact) mass is 106 g/mol. The fourth-order valence-electron chi connectivity index (χ4n) is 0.344. The Morgan fingerprint density at radius 2 is 2.33 bits per heavy atom. The molecule has 0 nitrogen and oxygen atoms in total. The predicted octanol–water partition coefficient (Wildman–Crippen LogP) is 1.26. The Balaban J connectivity index is 2.34. The van der Waals surface area contributed by atoms with Gasteiger partial charge < -0.3 is 4.11 Å². The Morgan fingerprint density at radius 3 is 2.50 bits per heavy atom. The summed E-state index contributed by atoms with van der Waals surface area (Å²) in [6.07, 6.45) is 2.25. The van der Waals surface area contributed by atoms with E-state index in [0.717, 1.165) is 18.9 Å². The molecule has 0 radical (unpaired) electrons. The number of hydrogen-bond acceptors (Lipinski definition) is 0. The molecular formula is C4H11FSi. The maximum absolute atomic E-state index is 11.3. The van der Waals surface area contributed by atoms with E-state index in [0.29, 0.717) is 0 Å². The molecule has 38 valence electrons. The molecule has 0 heterocycles. The molecule has 0 amide bonds. The van der Waals surface area contributed by atoms with Crippen molar-refractivity contribution < 1.29 is 4.11 Å². The average molecular weight is 106 g/mol. The minimum atomic E-state index is -1.10. The molecule has 0 fully saturated rings. The Kier molecular flexibility index (Phi) is 5.27. The van der Waals surface area contributed by atoms with Gasteiger partial charge in [0.25, 0.3) is 0 Å². The molecule has 6 heavy (non-hydrogen) atoms. The van der Waals surface area contributed by atoms with Crippen molar-refractivity contribution in [3.63, 3.8) is 0 Å². The van der Waals surface area contributed by atoms with E-state index in [4.69, 9.17) is 0 Å². The summed E-state index contributed by atoms with van der Waals surface area (Å²) < 4.78 is 11.3. The molecule has 0 unspecified atom stereocenters. The molecule has 0 bridgehead atoms. The molecule has 0 saturated carbocycles. The highest BCUT2D eigenvalue weighted by atomic mass is 28.3. The zero-order valence-electron chi connectivity index (χ0n) is 4.21. The maximum atomic E-state index is 11.3. The van der Waals surface area contributed by atoms with Gasteiger partial charge in [0.15, 0.2) is 0 Å². The van der Waals surface area contributed by atoms with Crippen molar-refractivity contribution in [1.29, 1.82) is 0 Å². The van der Waals surface area contributed by atoms with Crippen LogP contribution in [0.4, 0.5) is 4.11 Å². The number of unbranched alkanes of at least 4 members (excludes halogenated alkanes) is 1. The molecule has 0 aliphatic heterocycles. The Morgan fingerprint density at radius 1 is 1.67 bits per heavy atom. The normalized spacial score (nSPS) is 11.0. The van der Waals surface area contributed by atoms with E-state index in [1.807, 2.05) is 0 Å². The molecule has 0 spiro atoms. The average Bonchev–Trinajstić information content (AvgIpc) is 1.61. The summed E-state index contributed by atoms with van der Waals surface area (Å²) >= 11 is 0. The summed E-state index contributed by atoms with van der Waals surface area (Å²) in [7, 11) is -1.10. The molecule has 0 N–H and O–H groups in total. The molecule has 0 atom stereocenters. The minimum absolute atomic E-state index is 0.885. The van der Waals surface area contributed by atoms with Crippen LogP contribution >= 0.6 is 0 Å². The molecule has 0 aliphatic carbocycles. The highest BCUT2D eigenvalue weighted by Crippen LogP contribution is 1.91. The molecule has 0 aromatic heterocycles. The van der Waals surface area contributed by atoms with Crippen LogP contribution < -0.4 is 0 Å². The number of halogens is 1. The van der Waals surface area contributed by atoms with Crippen LogP contribution in [0.15, 0.2) is 0 Å². The quantitative estimate of drug-likeness (QED) is 0.288. The summed E-state index contributed by atoms with van der Waals surface area (Å²) in [6.45, 7) is 2.09. The van der Waals surface area contributed by atoms with Crippen LogP contribution in [0.1, 0.15) is 19.8 Å². The van der Waals surface area contributed by atoms with Crippen molar-refractivity contribution in [2.45, 2.75) is 25.8 Å². The zero-order valence-corrected chi connectivity index (χ0v) is 5.62. The van der Waals surface area contributed by atoms with Gasteiger partial charge in [-0.15, -0.1) is 0 Å². The molecule has 2 heteroatoms. The molecule has 0 aromatic rings. The van der Waals surface area contributed by atoms with Crippen LogP contribution in [0.25, 0.3) is 0 Å². The lowest BCUT2D eigenvalue weighted by Gasteiger charge is -1.82. The third-order valence-electron chi connectivity index (χ3n) is 0.737. The van der Waals surface area contributed by atoms with Crippen molar-refractivity contribution in [3.05, 3.63) is 0 Å². The smallest absolute Gasteiger partial charge is 0.216 e. The molecule has 0 rings (SSSR count). The highest BCUT2D eigenvalue weighted by molar-refractivity contribution is 6.25. The second-order valence-corrected chi connectivity index (χ2v) is 2.48. The van der Waals surface area contributed by atoms with Crippen LogP contribution in [0.2, 0.25) is 6.04 Å². The lowest BCUT2D eigenvalue weighted by molar-refractivity contribution is 0.808. The van der Waals surface area contributed by atoms with Crippen LogP contribution in [-0.2, 0) is 0 Å². The summed E-state index contributed by atoms with van der Waals surface area (Å²) in [5.41, 5.74) is 0. The first-order valence-corrected chi connectivity index (χ1v) is 4.01. The third kappa shape index (κ3) is 4.15. The van der Waals surface area contributed by atoms with E-state index in [-0.39, 0.29) is 0 Å². The lowest BCUT2D eigenvalue weighted by Crippen LogP contribution is -1.75. The number of rotatable bonds is 3. The molecule has 0 aromatic carbocycles. The molecule has 0 saturated heterocycles. The van der Waals surface area contributed by atoms with Crippen LogP contribution in [-0.4, -0.2) is 9.85 Å². The predicted molar refractivity (Wildman–Crippen MR) is 29.4 cm³/mol. The van der Waals surface area contributed by atoms with Gasteiger partial charge in [0, 0.05) is 0 Å². The second kappa shape index (κ2) is 5.15. The molecular weight excluding hydrogens is 95.1 g/mol. The van der Waals surface area contributed by atoms with Crippen molar-refractivity contribution in [2.75, 3.05) is 0 Å². The first-order valence-electron chi connectivity index (χ1n) is 2.47. The molecule has 0 aliphatic rings. The van der Waals surface area contributed by atoms with E-state index in [1.165, 1.54) is 0 Å². The van der Waals surface area contributed by atoms with Crippen molar-refractivity contribution in [1.82, 2.24) is 0 Å². The fourth-order valence-corrected chi connectivity index (χ4v) is 1.03. The topological polar surface area (TPSA) is 0 Å². The van der Waals surface area contributed by atoms with Crippen LogP contribution in [0.5, 0.6) is 0 Å². The summed E-state index contributed by atoms with van der Waals surface area (Å²) in [6, 6.07) is 0.885. The minimum Gasteiger partial charge on any atom is -0.323 e. The van der Waals surface area contributed by atoms with E-state index in [9.17, 15) is 4.11 Å². The first-order chi connectivity index (χ1) is 2.91. The Hall–Kier alpha value is 0.147. The van der Waals surface area contributed by atoms with Crippen LogP contribution in [0, 0.1) is 0 Å². The maximum Gasteiger partial charge on any atom is 0.216 e. The van der Waals surface area contributed by atoms with Gasteiger partial charge in [-0.1, -0.05) is 19.8 Å². The van der Waals surface area contributed by atoms with Crippen molar-refractivity contribution >= 4 is 9.85 Å². The Bertz CT molecular complexity index is 19.5. The standard InChI is InChI=1S/C4H11FSi/c1-2-3-4-6-5/h2-4,6H2,1H3. The van der Waals surface area contributed by atoms with Gasteiger partial charge in [-0.2, -0.15) is 0 Å². The number of hydrogen-bond donors (Lipinski definition) is 0. The Labute approximate surface area is 40.7 Å². The van der Waals surface area contributed by atoms with Crippen molar-refractivity contribution in [3.8, 4) is 0 Å². The zero-order chi connectivity index (χ0) is 4.83. The van der Waals surface area contributed by atoms with E-state index < -0.39 is 9.85 Å². The van der Waals surface area contributed by atoms with Gasteiger partial charge in [0.05, 0.1) is 0 Å². The summed E-state index contributed by atoms with van der Waals surface area (Å²) in [4.78, 5) is 0. The lowest BCUT2D eigenvalue weighted by atomic mass is 10.4. The van der Waals surface area contributed by atoms with Crippen LogP contribution in [0.3, 0.4) is 0 Å². The van der Waals surface area contributed by atoms with Gasteiger partial charge in [-0.25, -0.2) is 0 Å². The van der Waals surface area contributed by atoms with Gasteiger partial charge in [-0.05, 0) is 6.04 Å². The van der Waals surface area contributed by atoms with Gasteiger partial charge in [-0.3, -0.25) is 0 Å². The van der Waals surface area contributed by atoms with Gasteiger partial charge in [0.2, 0.25) is 9.85 Å². The SMILES string of the molecule is CCCC[SiH2]F. The van der Waals surface area contributed by atoms with E-state index in [1.54, 1.807) is 0 Å². The first kappa shape index (κ1) is 6.15. The van der Waals surface area contributed by atoms with E-state index in [2.05, 4.69) is 6.92 Å². The van der Waals surface area contributed by atoms with Gasteiger partial charge in [0.1, 0.15) is 0 Å². The fraction of sp³-hybridized carbons (Fsp3) is 1.00. The third-order valence-corrected chi connectivity index (χ3v) is 1.50. The second-order valence-electron chi connectivity index (χ2n) is 1.40. The highest BCUT2D eigenvalue weighted by Gasteiger charge is 1.80. The summed E-state index contributed by atoms with van der Waals surface area (Å²) in [5, 5.41) is 0. The van der Waals surface area contributed by atoms with Crippen molar-refractivity contribution in [2.24, 2.45) is 0 Å². The van der Waals surface area contributed by atoms with E-state index >= 15 is 0 Å². The van der Waals surface area contributed by atoms with Gasteiger partial charge >= 0.3 is 0 Å². The largest absolute Gasteiger partial charge is 0.323 e.